The molecule has 1 aliphatic rings. The summed E-state index contributed by atoms with van der Waals surface area (Å²) >= 11 is 3.44. The molecule has 1 atom stereocenters. The molecule has 0 fully saturated rings. The van der Waals surface area contributed by atoms with Crippen molar-refractivity contribution >= 4 is 15.9 Å². The molecule has 0 aliphatic heterocycles. The SMILES string of the molecule is OCCNCC1(O)CCc2cc(Br)ccc21. The van der Waals surface area contributed by atoms with Crippen molar-refractivity contribution in [1.29, 1.82) is 0 Å². The third-order valence-electron chi connectivity index (χ3n) is 3.08. The highest BCUT2D eigenvalue weighted by Gasteiger charge is 2.36. The van der Waals surface area contributed by atoms with Crippen LogP contribution in [0.15, 0.2) is 22.7 Å². The molecule has 0 aromatic heterocycles. The number of aliphatic hydroxyl groups excluding tert-OH is 1. The number of hydrogen-bond donors (Lipinski definition) is 3. The first kappa shape index (κ1) is 12.0. The van der Waals surface area contributed by atoms with E-state index in [1.165, 1.54) is 5.56 Å². The number of fused-ring (bicyclic) bond motifs is 1. The highest BCUT2D eigenvalue weighted by Crippen LogP contribution is 2.37. The molecule has 1 unspecified atom stereocenters. The third kappa shape index (κ3) is 2.30. The Morgan fingerprint density at radius 3 is 3.00 bits per heavy atom. The van der Waals surface area contributed by atoms with Crippen molar-refractivity contribution in [2.45, 2.75) is 18.4 Å². The Labute approximate surface area is 104 Å². The number of halogens is 1. The molecule has 3 N–H and O–H groups in total. The van der Waals surface area contributed by atoms with Gasteiger partial charge in [0.2, 0.25) is 0 Å². The van der Waals surface area contributed by atoms with Crippen LogP contribution in [-0.4, -0.2) is 29.9 Å². The highest BCUT2D eigenvalue weighted by atomic mass is 79.9. The van der Waals surface area contributed by atoms with Gasteiger partial charge >= 0.3 is 0 Å². The second kappa shape index (κ2) is 4.84. The van der Waals surface area contributed by atoms with Crippen LogP contribution in [0.2, 0.25) is 0 Å². The maximum Gasteiger partial charge on any atom is 0.103 e. The van der Waals surface area contributed by atoms with Crippen molar-refractivity contribution in [2.75, 3.05) is 19.7 Å². The summed E-state index contributed by atoms with van der Waals surface area (Å²) in [4.78, 5) is 0. The standard InChI is InChI=1S/C12H16BrNO2/c13-10-1-2-11-9(7-10)3-4-12(11,16)8-14-5-6-15/h1-2,7,14-16H,3-6,8H2. The lowest BCUT2D eigenvalue weighted by atomic mass is 9.96. The topological polar surface area (TPSA) is 52.5 Å². The first-order valence-corrected chi connectivity index (χ1v) is 6.28. The predicted octanol–water partition coefficient (Wildman–Crippen LogP) is 1.16. The largest absolute Gasteiger partial charge is 0.395 e. The van der Waals surface area contributed by atoms with Gasteiger partial charge in [0.05, 0.1) is 6.61 Å². The Hall–Kier alpha value is -0.420. The average Bonchev–Trinajstić information content (AvgIpc) is 2.57. The minimum Gasteiger partial charge on any atom is -0.395 e. The maximum atomic E-state index is 10.5. The van der Waals surface area contributed by atoms with Gasteiger partial charge in [-0.2, -0.15) is 0 Å². The van der Waals surface area contributed by atoms with Crippen molar-refractivity contribution in [3.8, 4) is 0 Å². The second-order valence-corrected chi connectivity index (χ2v) is 5.15. The van der Waals surface area contributed by atoms with E-state index in [0.717, 1.165) is 22.9 Å². The summed E-state index contributed by atoms with van der Waals surface area (Å²) in [5.41, 5.74) is 1.45. The Morgan fingerprint density at radius 1 is 1.44 bits per heavy atom. The maximum absolute atomic E-state index is 10.5. The van der Waals surface area contributed by atoms with E-state index in [2.05, 4.69) is 27.3 Å². The number of hydrogen-bond acceptors (Lipinski definition) is 3. The first-order valence-electron chi connectivity index (χ1n) is 5.48. The van der Waals surface area contributed by atoms with E-state index in [4.69, 9.17) is 5.11 Å². The van der Waals surface area contributed by atoms with Gasteiger partial charge < -0.3 is 15.5 Å². The molecule has 0 bridgehead atoms. The number of aryl methyl sites for hydroxylation is 1. The summed E-state index contributed by atoms with van der Waals surface area (Å²) in [6.07, 6.45) is 1.66. The van der Waals surface area contributed by atoms with Crippen LogP contribution >= 0.6 is 15.9 Å². The quantitative estimate of drug-likeness (QED) is 0.728. The molecule has 1 aliphatic carbocycles. The van der Waals surface area contributed by atoms with Crippen LogP contribution in [0.1, 0.15) is 17.5 Å². The Balaban J connectivity index is 2.15. The fraction of sp³-hybridized carbons (Fsp3) is 0.500. The molecule has 0 saturated heterocycles. The predicted molar refractivity (Wildman–Crippen MR) is 66.3 cm³/mol. The minimum absolute atomic E-state index is 0.100. The first-order chi connectivity index (χ1) is 7.65. The Morgan fingerprint density at radius 2 is 2.25 bits per heavy atom. The average molecular weight is 286 g/mol. The van der Waals surface area contributed by atoms with Gasteiger partial charge in [0.25, 0.3) is 0 Å². The van der Waals surface area contributed by atoms with Crippen LogP contribution in [0.4, 0.5) is 0 Å². The van der Waals surface area contributed by atoms with Gasteiger partial charge in [-0.05, 0) is 36.1 Å². The van der Waals surface area contributed by atoms with Crippen molar-refractivity contribution < 1.29 is 10.2 Å². The molecule has 4 heteroatoms. The van der Waals surface area contributed by atoms with E-state index in [0.29, 0.717) is 13.1 Å². The molecule has 0 heterocycles. The van der Waals surface area contributed by atoms with Crippen LogP contribution < -0.4 is 5.32 Å². The molecule has 0 amide bonds. The second-order valence-electron chi connectivity index (χ2n) is 4.23. The van der Waals surface area contributed by atoms with Gasteiger partial charge in [-0.15, -0.1) is 0 Å². The van der Waals surface area contributed by atoms with Crippen molar-refractivity contribution in [3.63, 3.8) is 0 Å². The van der Waals surface area contributed by atoms with Gasteiger partial charge in [0, 0.05) is 17.6 Å². The normalized spacial score (nSPS) is 23.4. The van der Waals surface area contributed by atoms with E-state index in [1.807, 2.05) is 12.1 Å². The summed E-state index contributed by atoms with van der Waals surface area (Å²) in [5.74, 6) is 0. The van der Waals surface area contributed by atoms with Crippen LogP contribution in [-0.2, 0) is 12.0 Å². The molecule has 0 saturated carbocycles. The molecule has 1 aromatic carbocycles. The summed E-state index contributed by atoms with van der Waals surface area (Å²) < 4.78 is 1.05. The van der Waals surface area contributed by atoms with E-state index < -0.39 is 5.60 Å². The zero-order valence-electron chi connectivity index (χ0n) is 9.04. The number of rotatable bonds is 4. The van der Waals surface area contributed by atoms with E-state index in [9.17, 15) is 5.11 Å². The van der Waals surface area contributed by atoms with Gasteiger partial charge in [0.1, 0.15) is 5.60 Å². The van der Waals surface area contributed by atoms with E-state index in [1.54, 1.807) is 0 Å². The lowest BCUT2D eigenvalue weighted by Gasteiger charge is -2.24. The third-order valence-corrected chi connectivity index (χ3v) is 3.58. The zero-order chi connectivity index (χ0) is 11.6. The molecule has 0 radical (unpaired) electrons. The number of benzene rings is 1. The number of nitrogens with one attached hydrogen (secondary N) is 1. The minimum atomic E-state index is -0.773. The monoisotopic (exact) mass is 285 g/mol. The van der Waals surface area contributed by atoms with Crippen molar-refractivity contribution in [1.82, 2.24) is 5.32 Å². The van der Waals surface area contributed by atoms with E-state index in [-0.39, 0.29) is 6.61 Å². The Bertz CT molecular complexity index is 383. The van der Waals surface area contributed by atoms with Crippen LogP contribution in [0, 0.1) is 0 Å². The van der Waals surface area contributed by atoms with Gasteiger partial charge in [-0.3, -0.25) is 0 Å². The van der Waals surface area contributed by atoms with Gasteiger partial charge in [-0.25, -0.2) is 0 Å². The smallest absolute Gasteiger partial charge is 0.103 e. The lowest BCUT2D eigenvalue weighted by molar-refractivity contribution is 0.0379. The van der Waals surface area contributed by atoms with Crippen molar-refractivity contribution in [2.24, 2.45) is 0 Å². The molecular formula is C12H16BrNO2. The highest BCUT2D eigenvalue weighted by molar-refractivity contribution is 9.10. The molecule has 88 valence electrons. The van der Waals surface area contributed by atoms with Crippen molar-refractivity contribution in [3.05, 3.63) is 33.8 Å². The molecule has 2 rings (SSSR count). The molecule has 1 aromatic rings. The molecular weight excluding hydrogens is 270 g/mol. The summed E-state index contributed by atoms with van der Waals surface area (Å²) in [5, 5.41) is 22.3. The van der Waals surface area contributed by atoms with Gasteiger partial charge in [-0.1, -0.05) is 22.0 Å². The van der Waals surface area contributed by atoms with Crippen LogP contribution in [0.5, 0.6) is 0 Å². The van der Waals surface area contributed by atoms with E-state index >= 15 is 0 Å². The molecule has 3 nitrogen and oxygen atoms in total. The summed E-state index contributed by atoms with van der Waals surface area (Å²) in [7, 11) is 0. The Kier molecular flexibility index (Phi) is 3.64. The molecule has 0 spiro atoms. The summed E-state index contributed by atoms with van der Waals surface area (Å²) in [6, 6.07) is 6.01. The van der Waals surface area contributed by atoms with Crippen LogP contribution in [0.3, 0.4) is 0 Å². The lowest BCUT2D eigenvalue weighted by Crippen LogP contribution is -2.37. The fourth-order valence-electron chi connectivity index (χ4n) is 2.26. The molecule has 16 heavy (non-hydrogen) atoms. The fourth-order valence-corrected chi connectivity index (χ4v) is 2.67. The van der Waals surface area contributed by atoms with Gasteiger partial charge in [0.15, 0.2) is 0 Å². The number of aliphatic hydroxyl groups is 2. The van der Waals surface area contributed by atoms with Crippen LogP contribution in [0.25, 0.3) is 0 Å². The summed E-state index contributed by atoms with van der Waals surface area (Å²) in [6.45, 7) is 1.12. The zero-order valence-corrected chi connectivity index (χ0v) is 10.6.